The Morgan fingerprint density at radius 1 is 1.14 bits per heavy atom. The van der Waals surface area contributed by atoms with Crippen LogP contribution < -0.4 is 19.3 Å². The first-order chi connectivity index (χ1) is 14.1. The van der Waals surface area contributed by atoms with E-state index in [1.54, 1.807) is 28.4 Å². The summed E-state index contributed by atoms with van der Waals surface area (Å²) in [7, 11) is 0. The van der Waals surface area contributed by atoms with E-state index in [4.69, 9.17) is 9.47 Å². The second kappa shape index (κ2) is 7.18. The van der Waals surface area contributed by atoms with E-state index in [-0.39, 0.29) is 30.9 Å². The van der Waals surface area contributed by atoms with Gasteiger partial charge in [0.15, 0.2) is 11.5 Å². The molecule has 0 spiro atoms. The zero-order chi connectivity index (χ0) is 20.0. The van der Waals surface area contributed by atoms with Crippen molar-refractivity contribution < 1.29 is 19.1 Å². The van der Waals surface area contributed by atoms with Crippen molar-refractivity contribution in [3.8, 4) is 11.5 Å². The molecule has 3 aliphatic heterocycles. The van der Waals surface area contributed by atoms with Crippen LogP contribution >= 0.6 is 11.3 Å². The normalized spacial score (nSPS) is 21.2. The zero-order valence-electron chi connectivity index (χ0n) is 16.0. The maximum Gasteiger partial charge on any atom is 0.231 e. The summed E-state index contributed by atoms with van der Waals surface area (Å²) in [6, 6.07) is 5.44. The molecule has 1 unspecified atom stereocenters. The van der Waals surface area contributed by atoms with E-state index in [2.05, 4.69) is 15.1 Å². The Balaban J connectivity index is 1.22. The second-order valence-electron chi connectivity index (χ2n) is 7.36. The number of fused-ring (bicyclic) bond motifs is 1. The largest absolute Gasteiger partial charge is 0.454 e. The molecule has 5 rings (SSSR count). The van der Waals surface area contributed by atoms with Gasteiger partial charge in [-0.15, -0.1) is 10.2 Å². The number of nitrogens with zero attached hydrogens (tertiary/aromatic N) is 5. The number of aryl methyl sites for hydroxylation is 1. The standard InChI is InChI=1S/C19H21N5O4S/c1-12-20-21-19(29-12)23-6-4-22(5-7-23)18(26)13-8-17(25)24(10-13)14-2-3-15-16(9-14)28-11-27-15/h2-3,9,13H,4-8,10-11H2,1H3. The first-order valence-corrected chi connectivity index (χ1v) is 10.4. The van der Waals surface area contributed by atoms with Gasteiger partial charge in [-0.1, -0.05) is 11.3 Å². The molecule has 1 aromatic heterocycles. The SMILES string of the molecule is Cc1nnc(N2CCN(C(=O)C3CC(=O)N(c4ccc5c(c4)OCO5)C3)CC2)s1. The van der Waals surface area contributed by atoms with Gasteiger partial charge in [-0.2, -0.15) is 0 Å². The smallest absolute Gasteiger partial charge is 0.231 e. The van der Waals surface area contributed by atoms with Gasteiger partial charge in [-0.25, -0.2) is 0 Å². The molecule has 152 valence electrons. The number of rotatable bonds is 3. The number of carbonyl (C=O) groups excluding carboxylic acids is 2. The highest BCUT2D eigenvalue weighted by Gasteiger charge is 2.38. The van der Waals surface area contributed by atoms with Crippen LogP contribution in [0.3, 0.4) is 0 Å². The lowest BCUT2D eigenvalue weighted by atomic mass is 10.1. The number of benzene rings is 1. The zero-order valence-corrected chi connectivity index (χ0v) is 16.9. The lowest BCUT2D eigenvalue weighted by Gasteiger charge is -2.35. The van der Waals surface area contributed by atoms with E-state index < -0.39 is 0 Å². The van der Waals surface area contributed by atoms with E-state index >= 15 is 0 Å². The van der Waals surface area contributed by atoms with Crippen LogP contribution in [0.25, 0.3) is 0 Å². The number of anilines is 2. The molecule has 2 aromatic rings. The van der Waals surface area contributed by atoms with Gasteiger partial charge in [-0.05, 0) is 19.1 Å². The van der Waals surface area contributed by atoms with Gasteiger partial charge in [0.2, 0.25) is 23.7 Å². The van der Waals surface area contributed by atoms with Gasteiger partial charge in [-0.3, -0.25) is 9.59 Å². The minimum atomic E-state index is -0.316. The van der Waals surface area contributed by atoms with Crippen LogP contribution in [0, 0.1) is 12.8 Å². The average molecular weight is 415 g/mol. The first kappa shape index (κ1) is 18.2. The first-order valence-electron chi connectivity index (χ1n) is 9.62. The van der Waals surface area contributed by atoms with Crippen LogP contribution in [0.5, 0.6) is 11.5 Å². The summed E-state index contributed by atoms with van der Waals surface area (Å²) in [5.74, 6) is 1.01. The average Bonchev–Trinajstić information content (AvgIpc) is 3.46. The molecule has 0 aliphatic carbocycles. The molecule has 2 saturated heterocycles. The fraction of sp³-hybridized carbons (Fsp3) is 0.474. The molecule has 0 bridgehead atoms. The van der Waals surface area contributed by atoms with Crippen molar-refractivity contribution in [1.82, 2.24) is 15.1 Å². The Morgan fingerprint density at radius 3 is 2.69 bits per heavy atom. The maximum absolute atomic E-state index is 13.0. The Morgan fingerprint density at radius 2 is 1.93 bits per heavy atom. The third-order valence-electron chi connectivity index (χ3n) is 5.52. The summed E-state index contributed by atoms with van der Waals surface area (Å²) in [5.41, 5.74) is 0.742. The monoisotopic (exact) mass is 415 g/mol. The van der Waals surface area contributed by atoms with E-state index in [9.17, 15) is 9.59 Å². The van der Waals surface area contributed by atoms with E-state index in [1.807, 2.05) is 17.9 Å². The highest BCUT2D eigenvalue weighted by atomic mass is 32.1. The van der Waals surface area contributed by atoms with Gasteiger partial charge in [0.25, 0.3) is 0 Å². The van der Waals surface area contributed by atoms with Crippen LogP contribution in [0.15, 0.2) is 18.2 Å². The van der Waals surface area contributed by atoms with Crippen LogP contribution in [0.2, 0.25) is 0 Å². The maximum atomic E-state index is 13.0. The van der Waals surface area contributed by atoms with Crippen molar-refractivity contribution in [1.29, 1.82) is 0 Å². The van der Waals surface area contributed by atoms with Crippen molar-refractivity contribution in [2.45, 2.75) is 13.3 Å². The fourth-order valence-electron chi connectivity index (χ4n) is 3.97. The van der Waals surface area contributed by atoms with Crippen LogP contribution in [-0.4, -0.2) is 66.4 Å². The summed E-state index contributed by atoms with van der Waals surface area (Å²) in [6.07, 6.45) is 0.239. The van der Waals surface area contributed by atoms with Gasteiger partial charge in [0, 0.05) is 50.9 Å². The molecule has 9 nitrogen and oxygen atoms in total. The number of carbonyl (C=O) groups is 2. The van der Waals surface area contributed by atoms with E-state index in [1.165, 1.54) is 0 Å². The predicted molar refractivity (Wildman–Crippen MR) is 106 cm³/mol. The molecular formula is C19H21N5O4S. The van der Waals surface area contributed by atoms with E-state index in [0.717, 1.165) is 28.9 Å². The molecule has 1 aromatic carbocycles. The lowest BCUT2D eigenvalue weighted by molar-refractivity contribution is -0.136. The Kier molecular flexibility index (Phi) is 4.50. The number of amides is 2. The van der Waals surface area contributed by atoms with Gasteiger partial charge >= 0.3 is 0 Å². The molecule has 0 radical (unpaired) electrons. The molecule has 0 N–H and O–H groups in total. The van der Waals surface area contributed by atoms with Crippen molar-refractivity contribution in [3.63, 3.8) is 0 Å². The van der Waals surface area contributed by atoms with Crippen molar-refractivity contribution in [2.75, 3.05) is 49.3 Å². The highest BCUT2D eigenvalue weighted by molar-refractivity contribution is 7.15. The summed E-state index contributed by atoms with van der Waals surface area (Å²) in [6.45, 7) is 5.24. The molecule has 2 amide bonds. The highest BCUT2D eigenvalue weighted by Crippen LogP contribution is 2.37. The van der Waals surface area contributed by atoms with Crippen molar-refractivity contribution >= 4 is 34.0 Å². The lowest BCUT2D eigenvalue weighted by Crippen LogP contribution is -2.50. The number of hydrogen-bond donors (Lipinski definition) is 0. The van der Waals surface area contributed by atoms with Crippen LogP contribution in [-0.2, 0) is 9.59 Å². The molecule has 4 heterocycles. The third-order valence-corrected chi connectivity index (χ3v) is 6.42. The minimum Gasteiger partial charge on any atom is -0.454 e. The summed E-state index contributed by atoms with van der Waals surface area (Å²) >= 11 is 1.57. The quantitative estimate of drug-likeness (QED) is 0.746. The van der Waals surface area contributed by atoms with Crippen molar-refractivity contribution in [3.05, 3.63) is 23.2 Å². The molecule has 2 fully saturated rings. The Bertz CT molecular complexity index is 956. The minimum absolute atomic E-state index is 0.0369. The van der Waals surface area contributed by atoms with E-state index in [0.29, 0.717) is 31.1 Å². The number of hydrogen-bond acceptors (Lipinski definition) is 8. The van der Waals surface area contributed by atoms with Crippen molar-refractivity contribution in [2.24, 2.45) is 5.92 Å². The Hall–Kier alpha value is -2.88. The third kappa shape index (κ3) is 3.37. The molecule has 29 heavy (non-hydrogen) atoms. The molecule has 10 heteroatoms. The summed E-state index contributed by atoms with van der Waals surface area (Å²) in [5, 5.41) is 10.1. The molecule has 1 atom stereocenters. The molecular weight excluding hydrogens is 394 g/mol. The van der Waals surface area contributed by atoms with Gasteiger partial charge in [0.1, 0.15) is 5.01 Å². The van der Waals surface area contributed by atoms with Gasteiger partial charge < -0.3 is 24.2 Å². The number of ether oxygens (including phenoxy) is 2. The summed E-state index contributed by atoms with van der Waals surface area (Å²) < 4.78 is 10.7. The summed E-state index contributed by atoms with van der Waals surface area (Å²) in [4.78, 5) is 31.3. The topological polar surface area (TPSA) is 88.1 Å². The molecule has 0 saturated carbocycles. The second-order valence-corrected chi connectivity index (χ2v) is 8.52. The van der Waals surface area contributed by atoms with Crippen LogP contribution in [0.1, 0.15) is 11.4 Å². The van der Waals surface area contributed by atoms with Crippen LogP contribution in [0.4, 0.5) is 10.8 Å². The number of aromatic nitrogens is 2. The predicted octanol–water partition coefficient (Wildman–Crippen LogP) is 1.28. The Labute approximate surface area is 171 Å². The molecule has 3 aliphatic rings. The van der Waals surface area contributed by atoms with Gasteiger partial charge in [0.05, 0.1) is 5.92 Å². The fourth-order valence-corrected chi connectivity index (χ4v) is 4.71. The number of piperazine rings is 1.